The number of ether oxygens (including phenoxy) is 2. The van der Waals surface area contributed by atoms with Gasteiger partial charge in [-0.2, -0.15) is 0 Å². The highest BCUT2D eigenvalue weighted by molar-refractivity contribution is 5.77. The molecule has 4 heteroatoms. The van der Waals surface area contributed by atoms with Gasteiger partial charge in [-0.1, -0.05) is 34.1 Å². The van der Waals surface area contributed by atoms with E-state index in [9.17, 15) is 4.79 Å². The average Bonchev–Trinajstić information content (AvgIpc) is 2.54. The molecule has 0 radical (unpaired) electrons. The van der Waals surface area contributed by atoms with Crippen molar-refractivity contribution in [2.45, 2.75) is 65.9 Å². The molecule has 2 aliphatic rings. The molecule has 23 heavy (non-hydrogen) atoms. The highest BCUT2D eigenvalue weighted by Gasteiger charge is 2.40. The first-order chi connectivity index (χ1) is 10.9. The maximum Gasteiger partial charge on any atom is 0.223 e. The van der Waals surface area contributed by atoms with Crippen LogP contribution >= 0.6 is 0 Å². The van der Waals surface area contributed by atoms with Crippen LogP contribution in [0.4, 0.5) is 0 Å². The van der Waals surface area contributed by atoms with E-state index >= 15 is 0 Å². The standard InChI is InChI=1S/C19H35NO3/c1-15(2)5-6-19(7-10-23-17(13-19)16(3)4)14-18(21)20-8-11-22-12-9-20/h15-17H,5-14H2,1-4H3/t17-,19+/m1/s1. The van der Waals surface area contributed by atoms with Crippen molar-refractivity contribution in [3.8, 4) is 0 Å². The molecule has 0 unspecified atom stereocenters. The summed E-state index contributed by atoms with van der Waals surface area (Å²) in [5, 5.41) is 0. The van der Waals surface area contributed by atoms with Crippen molar-refractivity contribution in [2.75, 3.05) is 32.9 Å². The molecule has 0 aromatic heterocycles. The van der Waals surface area contributed by atoms with Crippen LogP contribution < -0.4 is 0 Å². The van der Waals surface area contributed by atoms with Crippen molar-refractivity contribution in [3.05, 3.63) is 0 Å². The number of nitrogens with zero attached hydrogens (tertiary/aromatic N) is 1. The number of rotatable bonds is 6. The zero-order valence-corrected chi connectivity index (χ0v) is 15.5. The lowest BCUT2D eigenvalue weighted by molar-refractivity contribution is -0.142. The minimum absolute atomic E-state index is 0.132. The summed E-state index contributed by atoms with van der Waals surface area (Å²) in [6.45, 7) is 12.7. The number of hydrogen-bond donors (Lipinski definition) is 0. The lowest BCUT2D eigenvalue weighted by atomic mass is 9.69. The normalized spacial score (nSPS) is 29.3. The van der Waals surface area contributed by atoms with Gasteiger partial charge in [0.1, 0.15) is 0 Å². The first-order valence-corrected chi connectivity index (χ1v) is 9.39. The van der Waals surface area contributed by atoms with Gasteiger partial charge in [0.15, 0.2) is 0 Å². The Bertz CT molecular complexity index is 377. The summed E-state index contributed by atoms with van der Waals surface area (Å²) in [5.74, 6) is 1.53. The third-order valence-electron chi connectivity index (χ3n) is 5.48. The van der Waals surface area contributed by atoms with E-state index < -0.39 is 0 Å². The lowest BCUT2D eigenvalue weighted by Crippen LogP contribution is -2.45. The predicted octanol–water partition coefficient (Wildman–Crippen LogP) is 3.49. The molecule has 2 rings (SSSR count). The van der Waals surface area contributed by atoms with E-state index in [2.05, 4.69) is 27.7 Å². The summed E-state index contributed by atoms with van der Waals surface area (Å²) in [5.41, 5.74) is 0.132. The molecular formula is C19H35NO3. The Balaban J connectivity index is 2.04. The smallest absolute Gasteiger partial charge is 0.223 e. The Morgan fingerprint density at radius 1 is 1.17 bits per heavy atom. The molecule has 4 nitrogen and oxygen atoms in total. The third-order valence-corrected chi connectivity index (χ3v) is 5.48. The van der Waals surface area contributed by atoms with Gasteiger partial charge in [0.25, 0.3) is 0 Å². The second-order valence-electron chi connectivity index (χ2n) is 8.21. The third kappa shape index (κ3) is 5.46. The molecule has 0 aromatic rings. The first-order valence-electron chi connectivity index (χ1n) is 9.39. The topological polar surface area (TPSA) is 38.8 Å². The Labute approximate surface area is 141 Å². The molecule has 0 spiro atoms. The van der Waals surface area contributed by atoms with Gasteiger partial charge in [0.2, 0.25) is 5.91 Å². The molecule has 134 valence electrons. The van der Waals surface area contributed by atoms with Gasteiger partial charge in [0.05, 0.1) is 19.3 Å². The molecule has 0 aliphatic carbocycles. The van der Waals surface area contributed by atoms with Crippen molar-refractivity contribution in [1.82, 2.24) is 4.90 Å². The van der Waals surface area contributed by atoms with Gasteiger partial charge < -0.3 is 14.4 Å². The summed E-state index contributed by atoms with van der Waals surface area (Å²) in [4.78, 5) is 14.8. The summed E-state index contributed by atoms with van der Waals surface area (Å²) < 4.78 is 11.4. The van der Waals surface area contributed by atoms with E-state index in [-0.39, 0.29) is 5.41 Å². The lowest BCUT2D eigenvalue weighted by Gasteiger charge is -2.43. The van der Waals surface area contributed by atoms with Gasteiger partial charge in [0, 0.05) is 26.1 Å². The Kier molecular flexibility index (Phi) is 6.90. The second-order valence-corrected chi connectivity index (χ2v) is 8.21. The highest BCUT2D eigenvalue weighted by Crippen LogP contribution is 2.43. The number of carbonyl (C=O) groups excluding carboxylic acids is 1. The van der Waals surface area contributed by atoms with Gasteiger partial charge in [-0.25, -0.2) is 0 Å². The van der Waals surface area contributed by atoms with Crippen molar-refractivity contribution >= 4 is 5.91 Å². The molecule has 2 fully saturated rings. The van der Waals surface area contributed by atoms with Gasteiger partial charge in [-0.15, -0.1) is 0 Å². The summed E-state index contributed by atoms with van der Waals surface area (Å²) in [6.07, 6.45) is 5.39. The van der Waals surface area contributed by atoms with Crippen LogP contribution in [0.15, 0.2) is 0 Å². The van der Waals surface area contributed by atoms with Crippen molar-refractivity contribution in [3.63, 3.8) is 0 Å². The SMILES string of the molecule is CC(C)CC[C@]1(CC(=O)N2CCOCC2)CCO[C@@H](C(C)C)C1. The maximum absolute atomic E-state index is 12.8. The molecule has 0 N–H and O–H groups in total. The molecule has 2 atom stereocenters. The monoisotopic (exact) mass is 325 g/mol. The zero-order valence-electron chi connectivity index (χ0n) is 15.5. The van der Waals surface area contributed by atoms with E-state index in [0.29, 0.717) is 43.5 Å². The number of amides is 1. The highest BCUT2D eigenvalue weighted by atomic mass is 16.5. The van der Waals surface area contributed by atoms with Crippen molar-refractivity contribution in [2.24, 2.45) is 17.3 Å². The molecule has 2 heterocycles. The minimum atomic E-state index is 0.132. The van der Waals surface area contributed by atoms with E-state index in [0.717, 1.165) is 39.0 Å². The summed E-state index contributed by atoms with van der Waals surface area (Å²) in [6, 6.07) is 0. The van der Waals surface area contributed by atoms with Gasteiger partial charge >= 0.3 is 0 Å². The van der Waals surface area contributed by atoms with Crippen LogP contribution in [-0.2, 0) is 14.3 Å². The Morgan fingerprint density at radius 3 is 2.48 bits per heavy atom. The second kappa shape index (κ2) is 8.48. The van der Waals surface area contributed by atoms with Crippen LogP contribution in [0.25, 0.3) is 0 Å². The number of carbonyl (C=O) groups is 1. The fourth-order valence-electron chi connectivity index (χ4n) is 3.76. The van der Waals surface area contributed by atoms with Crippen LogP contribution in [-0.4, -0.2) is 49.8 Å². The Hall–Kier alpha value is -0.610. The Morgan fingerprint density at radius 2 is 1.87 bits per heavy atom. The van der Waals surface area contributed by atoms with E-state index in [1.54, 1.807) is 0 Å². The van der Waals surface area contributed by atoms with Crippen molar-refractivity contribution < 1.29 is 14.3 Å². The molecule has 0 aromatic carbocycles. The largest absolute Gasteiger partial charge is 0.378 e. The zero-order chi connectivity index (χ0) is 16.9. The van der Waals surface area contributed by atoms with Gasteiger partial charge in [-0.05, 0) is 36.5 Å². The average molecular weight is 325 g/mol. The van der Waals surface area contributed by atoms with E-state index in [4.69, 9.17) is 9.47 Å². The van der Waals surface area contributed by atoms with E-state index in [1.165, 1.54) is 6.42 Å². The van der Waals surface area contributed by atoms with Crippen LogP contribution in [0.3, 0.4) is 0 Å². The molecule has 2 aliphatic heterocycles. The molecule has 1 amide bonds. The van der Waals surface area contributed by atoms with Gasteiger partial charge in [-0.3, -0.25) is 4.79 Å². The molecule has 0 bridgehead atoms. The predicted molar refractivity (Wildman–Crippen MR) is 92.3 cm³/mol. The van der Waals surface area contributed by atoms with Crippen LogP contribution in [0.5, 0.6) is 0 Å². The maximum atomic E-state index is 12.8. The minimum Gasteiger partial charge on any atom is -0.378 e. The fourth-order valence-corrected chi connectivity index (χ4v) is 3.76. The van der Waals surface area contributed by atoms with E-state index in [1.807, 2.05) is 4.90 Å². The summed E-state index contributed by atoms with van der Waals surface area (Å²) in [7, 11) is 0. The quantitative estimate of drug-likeness (QED) is 0.750. The first kappa shape index (κ1) is 18.7. The van der Waals surface area contributed by atoms with Crippen LogP contribution in [0.2, 0.25) is 0 Å². The van der Waals surface area contributed by atoms with Crippen LogP contribution in [0.1, 0.15) is 59.8 Å². The molecule has 0 saturated carbocycles. The van der Waals surface area contributed by atoms with Crippen LogP contribution in [0, 0.1) is 17.3 Å². The number of hydrogen-bond acceptors (Lipinski definition) is 3. The molecular weight excluding hydrogens is 290 g/mol. The summed E-state index contributed by atoms with van der Waals surface area (Å²) >= 11 is 0. The van der Waals surface area contributed by atoms with Crippen molar-refractivity contribution in [1.29, 1.82) is 0 Å². The molecule has 2 saturated heterocycles. The fraction of sp³-hybridized carbons (Fsp3) is 0.947. The number of morpholine rings is 1.